The van der Waals surface area contributed by atoms with Gasteiger partial charge in [0.25, 0.3) is 0 Å². The van der Waals surface area contributed by atoms with Crippen molar-refractivity contribution >= 4 is 21.6 Å². The topological polar surface area (TPSA) is 89.3 Å². The SMILES string of the molecule is C=CC(=O)Nc1cc(S(N)(=O)=O)ccc1F. The van der Waals surface area contributed by atoms with E-state index in [4.69, 9.17) is 5.14 Å². The van der Waals surface area contributed by atoms with Crippen molar-refractivity contribution in [2.45, 2.75) is 4.90 Å². The van der Waals surface area contributed by atoms with E-state index >= 15 is 0 Å². The van der Waals surface area contributed by atoms with E-state index in [-0.39, 0.29) is 10.6 Å². The molecule has 0 unspecified atom stereocenters. The summed E-state index contributed by atoms with van der Waals surface area (Å²) in [6.45, 7) is 3.18. The molecular formula is C9H9FN2O3S. The Kier molecular flexibility index (Phi) is 3.41. The third kappa shape index (κ3) is 2.88. The van der Waals surface area contributed by atoms with Crippen LogP contribution in [0.15, 0.2) is 35.7 Å². The van der Waals surface area contributed by atoms with Crippen LogP contribution in [-0.4, -0.2) is 14.3 Å². The average Bonchev–Trinajstić information content (AvgIpc) is 2.19. The van der Waals surface area contributed by atoms with Gasteiger partial charge in [-0.05, 0) is 24.3 Å². The summed E-state index contributed by atoms with van der Waals surface area (Å²) in [5.74, 6) is -1.41. The van der Waals surface area contributed by atoms with E-state index in [0.717, 1.165) is 24.3 Å². The zero-order valence-corrected chi connectivity index (χ0v) is 8.92. The van der Waals surface area contributed by atoms with Gasteiger partial charge in [-0.25, -0.2) is 17.9 Å². The fourth-order valence-electron chi connectivity index (χ4n) is 0.961. The van der Waals surface area contributed by atoms with Gasteiger partial charge in [-0.1, -0.05) is 6.58 Å². The lowest BCUT2D eigenvalue weighted by Crippen LogP contribution is -2.14. The molecule has 0 fully saturated rings. The second-order valence-corrected chi connectivity index (χ2v) is 4.44. The van der Waals surface area contributed by atoms with Crippen LogP contribution in [0.5, 0.6) is 0 Å². The predicted molar refractivity (Wildman–Crippen MR) is 56.6 cm³/mol. The Balaban J connectivity index is 3.19. The number of sulfonamides is 1. The molecule has 0 aliphatic heterocycles. The van der Waals surface area contributed by atoms with Crippen LogP contribution < -0.4 is 10.5 Å². The number of amides is 1. The lowest BCUT2D eigenvalue weighted by molar-refractivity contribution is -0.111. The van der Waals surface area contributed by atoms with Gasteiger partial charge in [-0.15, -0.1) is 0 Å². The molecule has 1 aromatic carbocycles. The summed E-state index contributed by atoms with van der Waals surface area (Å²) in [7, 11) is -3.93. The van der Waals surface area contributed by atoms with Gasteiger partial charge in [-0.3, -0.25) is 4.79 Å². The Hall–Kier alpha value is -1.73. The zero-order chi connectivity index (χ0) is 12.3. The summed E-state index contributed by atoms with van der Waals surface area (Å²) >= 11 is 0. The molecule has 0 saturated carbocycles. The van der Waals surface area contributed by atoms with Crippen LogP contribution in [0.25, 0.3) is 0 Å². The van der Waals surface area contributed by atoms with E-state index in [1.54, 1.807) is 0 Å². The predicted octanol–water partition coefficient (Wildman–Crippen LogP) is 0.598. The summed E-state index contributed by atoms with van der Waals surface area (Å²) in [6, 6.07) is 2.85. The van der Waals surface area contributed by atoms with Crippen LogP contribution >= 0.6 is 0 Å². The lowest BCUT2D eigenvalue weighted by atomic mass is 10.3. The van der Waals surface area contributed by atoms with Crippen LogP contribution in [0.4, 0.5) is 10.1 Å². The van der Waals surface area contributed by atoms with E-state index in [0.29, 0.717) is 0 Å². The van der Waals surface area contributed by atoms with Gasteiger partial charge in [0.1, 0.15) is 5.82 Å². The van der Waals surface area contributed by atoms with E-state index in [9.17, 15) is 17.6 Å². The number of halogens is 1. The minimum Gasteiger partial charge on any atom is -0.320 e. The number of hydrogen-bond donors (Lipinski definition) is 2. The first-order chi connectivity index (χ1) is 7.34. The molecule has 1 rings (SSSR count). The maximum atomic E-state index is 13.2. The van der Waals surface area contributed by atoms with Crippen molar-refractivity contribution in [2.75, 3.05) is 5.32 Å². The molecule has 0 bridgehead atoms. The van der Waals surface area contributed by atoms with Crippen molar-refractivity contribution in [2.24, 2.45) is 5.14 Å². The van der Waals surface area contributed by atoms with Gasteiger partial charge in [0.05, 0.1) is 10.6 Å². The molecule has 0 radical (unpaired) electrons. The maximum Gasteiger partial charge on any atom is 0.247 e. The molecule has 0 saturated heterocycles. The molecule has 1 aromatic rings. The monoisotopic (exact) mass is 244 g/mol. The van der Waals surface area contributed by atoms with Gasteiger partial charge < -0.3 is 5.32 Å². The Morgan fingerprint density at radius 2 is 2.12 bits per heavy atom. The highest BCUT2D eigenvalue weighted by atomic mass is 32.2. The van der Waals surface area contributed by atoms with Crippen molar-refractivity contribution in [3.8, 4) is 0 Å². The highest BCUT2D eigenvalue weighted by Crippen LogP contribution is 2.18. The largest absolute Gasteiger partial charge is 0.320 e. The molecule has 0 spiro atoms. The second-order valence-electron chi connectivity index (χ2n) is 2.88. The number of benzene rings is 1. The summed E-state index contributed by atoms with van der Waals surface area (Å²) in [6.07, 6.45) is 0.934. The molecule has 7 heteroatoms. The number of carbonyl (C=O) groups is 1. The third-order valence-corrected chi connectivity index (χ3v) is 2.62. The van der Waals surface area contributed by atoms with Crippen molar-refractivity contribution in [3.05, 3.63) is 36.7 Å². The van der Waals surface area contributed by atoms with E-state index < -0.39 is 21.7 Å². The first-order valence-electron chi connectivity index (χ1n) is 4.10. The molecule has 5 nitrogen and oxygen atoms in total. The highest BCUT2D eigenvalue weighted by molar-refractivity contribution is 7.89. The van der Waals surface area contributed by atoms with E-state index in [2.05, 4.69) is 11.9 Å². The number of anilines is 1. The van der Waals surface area contributed by atoms with Crippen molar-refractivity contribution in [3.63, 3.8) is 0 Å². The summed E-state index contributed by atoms with van der Waals surface area (Å²) in [5.41, 5.74) is -0.267. The number of rotatable bonds is 3. The summed E-state index contributed by atoms with van der Waals surface area (Å²) in [4.78, 5) is 10.6. The summed E-state index contributed by atoms with van der Waals surface area (Å²) in [5, 5.41) is 6.98. The van der Waals surface area contributed by atoms with Crippen molar-refractivity contribution in [1.29, 1.82) is 0 Å². The molecule has 0 aliphatic rings. The molecule has 3 N–H and O–H groups in total. The van der Waals surface area contributed by atoms with Gasteiger partial charge in [-0.2, -0.15) is 0 Å². The quantitative estimate of drug-likeness (QED) is 0.763. The molecule has 0 heterocycles. The van der Waals surface area contributed by atoms with Gasteiger partial charge >= 0.3 is 0 Å². The third-order valence-electron chi connectivity index (χ3n) is 1.71. The van der Waals surface area contributed by atoms with E-state index in [1.807, 2.05) is 0 Å². The van der Waals surface area contributed by atoms with E-state index in [1.165, 1.54) is 0 Å². The Morgan fingerprint density at radius 3 is 2.62 bits per heavy atom. The molecule has 1 amide bonds. The van der Waals surface area contributed by atoms with Crippen LogP contribution in [0.3, 0.4) is 0 Å². The number of nitrogens with one attached hydrogen (secondary N) is 1. The zero-order valence-electron chi connectivity index (χ0n) is 8.10. The van der Waals surface area contributed by atoms with Crippen molar-refractivity contribution in [1.82, 2.24) is 0 Å². The van der Waals surface area contributed by atoms with Crippen LogP contribution in [0, 0.1) is 5.82 Å². The van der Waals surface area contributed by atoms with Crippen molar-refractivity contribution < 1.29 is 17.6 Å². The highest BCUT2D eigenvalue weighted by Gasteiger charge is 2.12. The number of primary sulfonamides is 1. The molecular weight excluding hydrogens is 235 g/mol. The van der Waals surface area contributed by atoms with Crippen LogP contribution in [0.2, 0.25) is 0 Å². The minimum atomic E-state index is -3.93. The molecule has 0 aromatic heterocycles. The Morgan fingerprint density at radius 1 is 1.50 bits per heavy atom. The standard InChI is InChI=1S/C9H9FN2O3S/c1-2-9(13)12-8-5-6(16(11,14)15)3-4-7(8)10/h2-5H,1H2,(H,12,13)(H2,11,14,15). The first-order valence-corrected chi connectivity index (χ1v) is 5.65. The number of nitrogens with two attached hydrogens (primary N) is 1. The fraction of sp³-hybridized carbons (Fsp3) is 0. The minimum absolute atomic E-state index is 0.267. The fourth-order valence-corrected chi connectivity index (χ4v) is 1.50. The molecule has 16 heavy (non-hydrogen) atoms. The Bertz CT molecular complexity index is 540. The van der Waals surface area contributed by atoms with Gasteiger partial charge in [0.2, 0.25) is 15.9 Å². The normalized spacial score (nSPS) is 10.9. The maximum absolute atomic E-state index is 13.2. The van der Waals surface area contributed by atoms with Gasteiger partial charge in [0.15, 0.2) is 0 Å². The smallest absolute Gasteiger partial charge is 0.247 e. The second kappa shape index (κ2) is 4.42. The number of hydrogen-bond acceptors (Lipinski definition) is 3. The van der Waals surface area contributed by atoms with Crippen LogP contribution in [0.1, 0.15) is 0 Å². The Labute approximate surface area is 91.8 Å². The molecule has 0 atom stereocenters. The molecule has 86 valence electrons. The van der Waals surface area contributed by atoms with Gasteiger partial charge in [0, 0.05) is 0 Å². The first kappa shape index (κ1) is 12.3. The number of carbonyl (C=O) groups excluding carboxylic acids is 1. The summed E-state index contributed by atoms with van der Waals surface area (Å²) < 4.78 is 35.1. The lowest BCUT2D eigenvalue weighted by Gasteiger charge is -2.05. The van der Waals surface area contributed by atoms with Crippen LogP contribution in [-0.2, 0) is 14.8 Å². The average molecular weight is 244 g/mol. The molecule has 0 aliphatic carbocycles.